The van der Waals surface area contributed by atoms with Crippen LogP contribution in [-0.2, 0) is 0 Å². The van der Waals surface area contributed by atoms with E-state index in [1.54, 1.807) is 0 Å². The molecule has 0 radical (unpaired) electrons. The van der Waals surface area contributed by atoms with Gasteiger partial charge in [0.1, 0.15) is 0 Å². The highest BCUT2D eigenvalue weighted by Crippen LogP contribution is 2.21. The maximum atomic E-state index is 12.4. The quantitative estimate of drug-likeness (QED) is 0.705. The van der Waals surface area contributed by atoms with Gasteiger partial charge in [-0.25, -0.2) is 0 Å². The molecule has 1 N–H and O–H groups in total. The number of hydrogen-bond acceptors (Lipinski definition) is 1. The first-order chi connectivity index (χ1) is 11.1. The fourth-order valence-corrected chi connectivity index (χ4v) is 2.53. The number of anilines is 1. The average Bonchev–Trinajstić information content (AvgIpc) is 2.60. The number of amides is 1. The van der Waals surface area contributed by atoms with Gasteiger partial charge in [-0.05, 0) is 54.3 Å². The lowest BCUT2D eigenvalue weighted by molar-refractivity contribution is 0.102. The molecule has 2 nitrogen and oxygen atoms in total. The zero-order valence-electron chi connectivity index (χ0n) is 13.3. The van der Waals surface area contributed by atoms with E-state index in [9.17, 15) is 4.79 Å². The molecule has 3 aromatic rings. The summed E-state index contributed by atoms with van der Waals surface area (Å²) in [5.74, 6) is -0.0849. The average molecular weight is 301 g/mol. The summed E-state index contributed by atoms with van der Waals surface area (Å²) in [4.78, 5) is 12.4. The summed E-state index contributed by atoms with van der Waals surface area (Å²) in [5, 5.41) is 2.99. The largest absolute Gasteiger partial charge is 0.322 e. The molecule has 0 atom stereocenters. The Balaban J connectivity index is 1.79. The van der Waals surface area contributed by atoms with Crippen LogP contribution in [0.15, 0.2) is 72.8 Å². The Morgan fingerprint density at radius 3 is 2.09 bits per heavy atom. The SMILES string of the molecule is Cc1cccc(NC(=O)c2ccc(-c3ccccc3)cc2)c1C. The summed E-state index contributed by atoms with van der Waals surface area (Å²) < 4.78 is 0. The van der Waals surface area contributed by atoms with E-state index in [1.165, 1.54) is 5.56 Å². The predicted octanol–water partition coefficient (Wildman–Crippen LogP) is 5.22. The van der Waals surface area contributed by atoms with Crippen molar-refractivity contribution in [3.8, 4) is 11.1 Å². The molecule has 2 heteroatoms. The molecule has 114 valence electrons. The van der Waals surface area contributed by atoms with Crippen molar-refractivity contribution in [2.45, 2.75) is 13.8 Å². The summed E-state index contributed by atoms with van der Waals surface area (Å²) >= 11 is 0. The van der Waals surface area contributed by atoms with Crippen LogP contribution in [0.3, 0.4) is 0 Å². The lowest BCUT2D eigenvalue weighted by atomic mass is 10.0. The minimum atomic E-state index is -0.0849. The first-order valence-electron chi connectivity index (χ1n) is 7.68. The number of carbonyl (C=O) groups excluding carboxylic acids is 1. The third-order valence-corrected chi connectivity index (χ3v) is 4.11. The third kappa shape index (κ3) is 3.32. The molecule has 0 aliphatic rings. The van der Waals surface area contributed by atoms with E-state index in [4.69, 9.17) is 0 Å². The van der Waals surface area contributed by atoms with Gasteiger partial charge in [-0.3, -0.25) is 4.79 Å². The number of benzene rings is 3. The summed E-state index contributed by atoms with van der Waals surface area (Å²) in [5.41, 5.74) is 6.04. The Hall–Kier alpha value is -2.87. The molecule has 0 aliphatic heterocycles. The zero-order valence-corrected chi connectivity index (χ0v) is 13.3. The minimum Gasteiger partial charge on any atom is -0.322 e. The number of rotatable bonds is 3. The first kappa shape index (κ1) is 15.0. The normalized spacial score (nSPS) is 10.3. The molecular formula is C21H19NO. The van der Waals surface area contributed by atoms with Gasteiger partial charge in [0.15, 0.2) is 0 Å². The molecule has 0 aromatic heterocycles. The zero-order chi connectivity index (χ0) is 16.2. The second kappa shape index (κ2) is 6.49. The van der Waals surface area contributed by atoms with Gasteiger partial charge in [0.2, 0.25) is 0 Å². The second-order valence-electron chi connectivity index (χ2n) is 5.64. The summed E-state index contributed by atoms with van der Waals surface area (Å²) in [6, 6.07) is 23.7. The number of carbonyl (C=O) groups is 1. The van der Waals surface area contributed by atoms with Crippen molar-refractivity contribution in [2.75, 3.05) is 5.32 Å². The third-order valence-electron chi connectivity index (χ3n) is 4.11. The van der Waals surface area contributed by atoms with Crippen molar-refractivity contribution in [3.05, 3.63) is 89.5 Å². The van der Waals surface area contributed by atoms with Crippen molar-refractivity contribution in [3.63, 3.8) is 0 Å². The van der Waals surface area contributed by atoms with Crippen molar-refractivity contribution in [1.82, 2.24) is 0 Å². The van der Waals surface area contributed by atoms with Crippen LogP contribution in [0.2, 0.25) is 0 Å². The highest BCUT2D eigenvalue weighted by atomic mass is 16.1. The fourth-order valence-electron chi connectivity index (χ4n) is 2.53. The van der Waals surface area contributed by atoms with E-state index in [2.05, 4.69) is 17.4 Å². The maximum Gasteiger partial charge on any atom is 0.255 e. The molecule has 1 amide bonds. The van der Waals surface area contributed by atoms with E-state index < -0.39 is 0 Å². The van der Waals surface area contributed by atoms with Crippen LogP contribution in [0.25, 0.3) is 11.1 Å². The number of aryl methyl sites for hydroxylation is 1. The molecule has 3 aromatic carbocycles. The van der Waals surface area contributed by atoms with Crippen LogP contribution in [0.1, 0.15) is 21.5 Å². The van der Waals surface area contributed by atoms with Crippen molar-refractivity contribution >= 4 is 11.6 Å². The molecule has 0 fully saturated rings. The van der Waals surface area contributed by atoms with Crippen LogP contribution >= 0.6 is 0 Å². The Bertz CT molecular complexity index is 820. The van der Waals surface area contributed by atoms with E-state index >= 15 is 0 Å². The highest BCUT2D eigenvalue weighted by Gasteiger charge is 2.08. The molecule has 0 saturated heterocycles. The molecule has 0 spiro atoms. The monoisotopic (exact) mass is 301 g/mol. The Labute approximate surface area is 136 Å². The van der Waals surface area contributed by atoms with Gasteiger partial charge in [0.25, 0.3) is 5.91 Å². The fraction of sp³-hybridized carbons (Fsp3) is 0.0952. The van der Waals surface area contributed by atoms with Crippen LogP contribution in [0.5, 0.6) is 0 Å². The molecule has 0 heterocycles. The first-order valence-corrected chi connectivity index (χ1v) is 7.68. The smallest absolute Gasteiger partial charge is 0.255 e. The highest BCUT2D eigenvalue weighted by molar-refractivity contribution is 6.04. The van der Waals surface area contributed by atoms with Gasteiger partial charge in [0, 0.05) is 11.3 Å². The molecule has 23 heavy (non-hydrogen) atoms. The molecule has 0 bridgehead atoms. The van der Waals surface area contributed by atoms with Crippen molar-refractivity contribution in [2.24, 2.45) is 0 Å². The molecule has 0 aliphatic carbocycles. The van der Waals surface area contributed by atoms with Gasteiger partial charge in [-0.1, -0.05) is 54.6 Å². The lowest BCUT2D eigenvalue weighted by Crippen LogP contribution is -2.12. The van der Waals surface area contributed by atoms with Gasteiger partial charge in [0.05, 0.1) is 0 Å². The van der Waals surface area contributed by atoms with Crippen molar-refractivity contribution < 1.29 is 4.79 Å². The number of hydrogen-bond donors (Lipinski definition) is 1. The summed E-state index contributed by atoms with van der Waals surface area (Å²) in [7, 11) is 0. The topological polar surface area (TPSA) is 29.1 Å². The maximum absolute atomic E-state index is 12.4. The molecule has 0 saturated carbocycles. The van der Waals surface area contributed by atoms with E-state index in [0.29, 0.717) is 5.56 Å². The van der Waals surface area contributed by atoms with Crippen molar-refractivity contribution in [1.29, 1.82) is 0 Å². The standard InChI is InChI=1S/C21H19NO/c1-15-7-6-10-20(16(15)2)22-21(23)19-13-11-18(12-14-19)17-8-4-3-5-9-17/h3-14H,1-2H3,(H,22,23). The van der Waals surface area contributed by atoms with E-state index in [1.807, 2.05) is 74.5 Å². The van der Waals surface area contributed by atoms with Crippen LogP contribution in [-0.4, -0.2) is 5.91 Å². The van der Waals surface area contributed by atoms with E-state index in [-0.39, 0.29) is 5.91 Å². The molecular weight excluding hydrogens is 282 g/mol. The van der Waals surface area contributed by atoms with Crippen LogP contribution in [0.4, 0.5) is 5.69 Å². The summed E-state index contributed by atoms with van der Waals surface area (Å²) in [6.45, 7) is 4.06. The van der Waals surface area contributed by atoms with Crippen LogP contribution in [0, 0.1) is 13.8 Å². The van der Waals surface area contributed by atoms with Gasteiger partial charge in [-0.2, -0.15) is 0 Å². The van der Waals surface area contributed by atoms with Crippen LogP contribution < -0.4 is 5.32 Å². The van der Waals surface area contributed by atoms with Gasteiger partial charge in [-0.15, -0.1) is 0 Å². The van der Waals surface area contributed by atoms with E-state index in [0.717, 1.165) is 22.4 Å². The summed E-state index contributed by atoms with van der Waals surface area (Å²) in [6.07, 6.45) is 0. The molecule has 3 rings (SSSR count). The Morgan fingerprint density at radius 1 is 0.739 bits per heavy atom. The predicted molar refractivity (Wildman–Crippen MR) is 95.7 cm³/mol. The minimum absolute atomic E-state index is 0.0849. The number of nitrogens with one attached hydrogen (secondary N) is 1. The Morgan fingerprint density at radius 2 is 1.39 bits per heavy atom. The molecule has 0 unspecified atom stereocenters. The van der Waals surface area contributed by atoms with Gasteiger partial charge < -0.3 is 5.32 Å². The van der Waals surface area contributed by atoms with Gasteiger partial charge >= 0.3 is 0 Å². The second-order valence-corrected chi connectivity index (χ2v) is 5.64. The Kier molecular flexibility index (Phi) is 4.24. The lowest BCUT2D eigenvalue weighted by Gasteiger charge is -2.10.